The van der Waals surface area contributed by atoms with E-state index in [4.69, 9.17) is 11.0 Å². The van der Waals surface area contributed by atoms with E-state index < -0.39 is 0 Å². The van der Waals surface area contributed by atoms with E-state index in [1.165, 1.54) is 18.0 Å². The van der Waals surface area contributed by atoms with Gasteiger partial charge in [-0.05, 0) is 24.3 Å². The average Bonchev–Trinajstić information content (AvgIpc) is 2.50. The lowest BCUT2D eigenvalue weighted by atomic mass is 10.2. The van der Waals surface area contributed by atoms with Crippen LogP contribution in [-0.2, 0) is 4.79 Å². The van der Waals surface area contributed by atoms with Crippen LogP contribution in [0.3, 0.4) is 0 Å². The summed E-state index contributed by atoms with van der Waals surface area (Å²) in [7, 11) is 0. The average molecular weight is 299 g/mol. The molecule has 106 valence electrons. The van der Waals surface area contributed by atoms with Crippen LogP contribution in [0.15, 0.2) is 41.7 Å². The fraction of sp³-hybridized carbons (Fsp3) is 0.143. The van der Waals surface area contributed by atoms with Crippen LogP contribution in [0, 0.1) is 11.3 Å². The monoisotopic (exact) mass is 299 g/mol. The summed E-state index contributed by atoms with van der Waals surface area (Å²) in [5.41, 5.74) is 6.89. The van der Waals surface area contributed by atoms with Crippen LogP contribution in [-0.4, -0.2) is 21.6 Å². The van der Waals surface area contributed by atoms with Crippen molar-refractivity contribution >= 4 is 29.2 Å². The minimum atomic E-state index is -0.102. The van der Waals surface area contributed by atoms with Gasteiger partial charge in [0.25, 0.3) is 0 Å². The highest BCUT2D eigenvalue weighted by molar-refractivity contribution is 7.99. The molecule has 21 heavy (non-hydrogen) atoms. The number of carbonyl (C=O) groups excluding carboxylic acids is 1. The summed E-state index contributed by atoms with van der Waals surface area (Å²) in [5, 5.41) is 12.1. The van der Waals surface area contributed by atoms with E-state index >= 15 is 0 Å². The van der Waals surface area contributed by atoms with Crippen LogP contribution < -0.4 is 11.1 Å². The number of nitriles is 1. The van der Waals surface area contributed by atoms with Crippen LogP contribution in [0.1, 0.15) is 12.0 Å². The fourth-order valence-corrected chi connectivity index (χ4v) is 2.36. The first-order valence-electron chi connectivity index (χ1n) is 6.18. The number of anilines is 2. The lowest BCUT2D eigenvalue weighted by Crippen LogP contribution is -2.12. The van der Waals surface area contributed by atoms with Gasteiger partial charge in [0, 0.05) is 30.3 Å². The molecule has 0 aliphatic rings. The zero-order valence-corrected chi connectivity index (χ0v) is 11.9. The first-order valence-corrected chi connectivity index (χ1v) is 7.17. The Labute approximate surface area is 126 Å². The third-order valence-electron chi connectivity index (χ3n) is 2.56. The minimum Gasteiger partial charge on any atom is -0.381 e. The molecule has 0 aliphatic heterocycles. The standard InChI is InChI=1S/C14H13N5OS/c15-9-10-1-3-11(4-2-10)19-12(20)5-8-21-14-13(16)17-6-7-18-14/h1-4,6-7H,5,8H2,(H2,16,17)(H,19,20). The maximum atomic E-state index is 11.8. The highest BCUT2D eigenvalue weighted by atomic mass is 32.2. The second kappa shape index (κ2) is 7.26. The summed E-state index contributed by atoms with van der Waals surface area (Å²) in [5.74, 6) is 0.829. The van der Waals surface area contributed by atoms with E-state index in [-0.39, 0.29) is 5.91 Å². The number of amides is 1. The Morgan fingerprint density at radius 1 is 1.29 bits per heavy atom. The smallest absolute Gasteiger partial charge is 0.225 e. The molecule has 1 amide bonds. The zero-order valence-electron chi connectivity index (χ0n) is 11.1. The molecule has 2 aromatic rings. The van der Waals surface area contributed by atoms with Crippen molar-refractivity contribution in [2.75, 3.05) is 16.8 Å². The van der Waals surface area contributed by atoms with Crippen molar-refractivity contribution in [3.8, 4) is 6.07 Å². The Morgan fingerprint density at radius 2 is 2.00 bits per heavy atom. The molecule has 0 bridgehead atoms. The van der Waals surface area contributed by atoms with Crippen LogP contribution in [0.5, 0.6) is 0 Å². The van der Waals surface area contributed by atoms with E-state index in [0.29, 0.717) is 34.3 Å². The number of nitrogens with zero attached hydrogens (tertiary/aromatic N) is 3. The second-order valence-corrected chi connectivity index (χ2v) is 5.17. The molecule has 0 saturated heterocycles. The maximum absolute atomic E-state index is 11.8. The Hall–Kier alpha value is -2.59. The number of aromatic nitrogens is 2. The van der Waals surface area contributed by atoms with Gasteiger partial charge in [0.05, 0.1) is 11.6 Å². The third kappa shape index (κ3) is 4.47. The first-order chi connectivity index (χ1) is 10.2. The van der Waals surface area contributed by atoms with E-state index in [2.05, 4.69) is 15.3 Å². The molecule has 0 saturated carbocycles. The predicted molar refractivity (Wildman–Crippen MR) is 81.6 cm³/mol. The van der Waals surface area contributed by atoms with Gasteiger partial charge in [-0.2, -0.15) is 5.26 Å². The molecular weight excluding hydrogens is 286 g/mol. The number of carbonyl (C=O) groups is 1. The van der Waals surface area contributed by atoms with Crippen LogP contribution in [0.4, 0.5) is 11.5 Å². The number of hydrogen-bond acceptors (Lipinski definition) is 6. The highest BCUT2D eigenvalue weighted by Crippen LogP contribution is 2.20. The van der Waals surface area contributed by atoms with Gasteiger partial charge in [0.1, 0.15) is 5.03 Å². The van der Waals surface area contributed by atoms with Gasteiger partial charge < -0.3 is 11.1 Å². The van der Waals surface area contributed by atoms with Crippen molar-refractivity contribution < 1.29 is 4.79 Å². The zero-order chi connectivity index (χ0) is 15.1. The molecule has 3 N–H and O–H groups in total. The van der Waals surface area contributed by atoms with Gasteiger partial charge in [-0.25, -0.2) is 9.97 Å². The van der Waals surface area contributed by atoms with Crippen molar-refractivity contribution in [3.05, 3.63) is 42.2 Å². The van der Waals surface area contributed by atoms with Crippen LogP contribution in [0.25, 0.3) is 0 Å². The third-order valence-corrected chi connectivity index (χ3v) is 3.55. The molecule has 0 unspecified atom stereocenters. The summed E-state index contributed by atoms with van der Waals surface area (Å²) < 4.78 is 0. The molecule has 0 fully saturated rings. The van der Waals surface area contributed by atoms with Gasteiger partial charge >= 0.3 is 0 Å². The lowest BCUT2D eigenvalue weighted by molar-refractivity contribution is -0.115. The van der Waals surface area contributed by atoms with Crippen molar-refractivity contribution in [2.24, 2.45) is 0 Å². The molecule has 1 aromatic carbocycles. The second-order valence-electron chi connectivity index (χ2n) is 4.08. The Kier molecular flexibility index (Phi) is 5.12. The van der Waals surface area contributed by atoms with E-state index in [9.17, 15) is 4.79 Å². The summed E-state index contributed by atoms with van der Waals surface area (Å²) >= 11 is 1.39. The number of hydrogen-bond donors (Lipinski definition) is 2. The number of nitrogens with one attached hydrogen (secondary N) is 1. The molecular formula is C14H13N5OS. The molecule has 0 spiro atoms. The normalized spacial score (nSPS) is 9.86. The Balaban J connectivity index is 1.80. The summed E-state index contributed by atoms with van der Waals surface area (Å²) in [6.45, 7) is 0. The van der Waals surface area contributed by atoms with Crippen molar-refractivity contribution in [3.63, 3.8) is 0 Å². The molecule has 1 heterocycles. The first kappa shape index (κ1) is 14.8. The van der Waals surface area contributed by atoms with E-state index in [1.807, 2.05) is 6.07 Å². The summed E-state index contributed by atoms with van der Waals surface area (Å²) in [6.07, 6.45) is 3.42. The molecule has 0 radical (unpaired) electrons. The van der Waals surface area contributed by atoms with Gasteiger partial charge in [-0.3, -0.25) is 4.79 Å². The number of rotatable bonds is 5. The van der Waals surface area contributed by atoms with Crippen molar-refractivity contribution in [1.29, 1.82) is 5.26 Å². The number of nitrogen functional groups attached to an aromatic ring is 1. The fourth-order valence-electron chi connectivity index (χ4n) is 1.54. The van der Waals surface area contributed by atoms with Gasteiger partial charge in [0.2, 0.25) is 5.91 Å². The molecule has 7 heteroatoms. The predicted octanol–water partition coefficient (Wildman–Crippen LogP) is 2.05. The van der Waals surface area contributed by atoms with Crippen molar-refractivity contribution in [2.45, 2.75) is 11.4 Å². The highest BCUT2D eigenvalue weighted by Gasteiger charge is 2.06. The van der Waals surface area contributed by atoms with E-state index in [0.717, 1.165) is 0 Å². The van der Waals surface area contributed by atoms with Gasteiger partial charge in [0.15, 0.2) is 5.82 Å². The number of nitrogens with two attached hydrogens (primary N) is 1. The van der Waals surface area contributed by atoms with Gasteiger partial charge in [-0.15, -0.1) is 11.8 Å². The van der Waals surface area contributed by atoms with Crippen LogP contribution in [0.2, 0.25) is 0 Å². The molecule has 0 atom stereocenters. The molecule has 2 rings (SSSR count). The summed E-state index contributed by atoms with van der Waals surface area (Å²) in [6, 6.07) is 8.74. The number of thioether (sulfide) groups is 1. The van der Waals surface area contributed by atoms with Gasteiger partial charge in [-0.1, -0.05) is 0 Å². The number of benzene rings is 1. The Morgan fingerprint density at radius 3 is 2.67 bits per heavy atom. The van der Waals surface area contributed by atoms with Crippen molar-refractivity contribution in [1.82, 2.24) is 9.97 Å². The minimum absolute atomic E-state index is 0.102. The topological polar surface area (TPSA) is 105 Å². The summed E-state index contributed by atoms with van der Waals surface area (Å²) in [4.78, 5) is 19.8. The maximum Gasteiger partial charge on any atom is 0.225 e. The lowest BCUT2D eigenvalue weighted by Gasteiger charge is -2.05. The molecule has 0 aliphatic carbocycles. The largest absolute Gasteiger partial charge is 0.381 e. The SMILES string of the molecule is N#Cc1ccc(NC(=O)CCSc2nccnc2N)cc1. The Bertz CT molecular complexity index is 666. The van der Waals surface area contributed by atoms with Crippen LogP contribution >= 0.6 is 11.8 Å². The quantitative estimate of drug-likeness (QED) is 0.819. The molecule has 6 nitrogen and oxygen atoms in total. The van der Waals surface area contributed by atoms with E-state index in [1.54, 1.807) is 30.5 Å². The molecule has 1 aromatic heterocycles.